The highest BCUT2D eigenvalue weighted by Crippen LogP contribution is 2.32. The summed E-state index contributed by atoms with van der Waals surface area (Å²) in [6.07, 6.45) is 0. The van der Waals surface area contributed by atoms with Gasteiger partial charge in [-0.1, -0.05) is 6.07 Å². The Kier molecular flexibility index (Phi) is 2.43. The van der Waals surface area contributed by atoms with Crippen LogP contribution in [0.15, 0.2) is 22.4 Å². The lowest BCUT2D eigenvalue weighted by atomic mass is 10.2. The van der Waals surface area contributed by atoms with Gasteiger partial charge in [0.15, 0.2) is 5.17 Å². The Morgan fingerprint density at radius 3 is 2.86 bits per heavy atom. The number of thiophene rings is 1. The number of amides is 1. The third kappa shape index (κ3) is 1.60. The SMILES string of the molecule is CC(=C1SC(=N)NC1=O)c1cccs1. The number of hydrogen-bond acceptors (Lipinski definition) is 4. The molecule has 0 unspecified atom stereocenters. The van der Waals surface area contributed by atoms with Crippen LogP contribution in [0.1, 0.15) is 11.8 Å². The number of allylic oxidation sites excluding steroid dienone is 1. The summed E-state index contributed by atoms with van der Waals surface area (Å²) in [5.74, 6) is -0.161. The van der Waals surface area contributed by atoms with Gasteiger partial charge in [0.1, 0.15) is 0 Å². The Balaban J connectivity index is 2.41. The van der Waals surface area contributed by atoms with Crippen molar-refractivity contribution in [1.29, 1.82) is 5.41 Å². The second-order valence-corrected chi connectivity index (χ2v) is 4.79. The molecule has 1 fully saturated rings. The molecule has 0 atom stereocenters. The monoisotopic (exact) mass is 224 g/mol. The van der Waals surface area contributed by atoms with E-state index in [4.69, 9.17) is 5.41 Å². The van der Waals surface area contributed by atoms with Crippen LogP contribution in [0.4, 0.5) is 0 Å². The summed E-state index contributed by atoms with van der Waals surface area (Å²) < 4.78 is 0. The lowest BCUT2D eigenvalue weighted by molar-refractivity contribution is -0.115. The summed E-state index contributed by atoms with van der Waals surface area (Å²) in [5, 5.41) is 12.0. The first-order valence-corrected chi connectivity index (χ1v) is 5.70. The number of carbonyl (C=O) groups excluding carboxylic acids is 1. The molecule has 0 radical (unpaired) electrons. The Labute approximate surface area is 89.7 Å². The van der Waals surface area contributed by atoms with Crippen LogP contribution in [0, 0.1) is 5.41 Å². The molecule has 1 aliphatic heterocycles. The fraction of sp³-hybridized carbons (Fsp3) is 0.111. The minimum Gasteiger partial charge on any atom is -0.301 e. The van der Waals surface area contributed by atoms with Crippen molar-refractivity contribution in [3.63, 3.8) is 0 Å². The molecule has 1 saturated heterocycles. The molecule has 1 amide bonds. The maximum absolute atomic E-state index is 11.4. The third-order valence-electron chi connectivity index (χ3n) is 1.87. The Morgan fingerprint density at radius 2 is 2.36 bits per heavy atom. The normalized spacial score (nSPS) is 19.8. The molecule has 0 saturated carbocycles. The molecule has 2 N–H and O–H groups in total. The van der Waals surface area contributed by atoms with Gasteiger partial charge in [-0.15, -0.1) is 11.3 Å². The number of thioether (sulfide) groups is 1. The summed E-state index contributed by atoms with van der Waals surface area (Å²) in [4.78, 5) is 13.1. The van der Waals surface area contributed by atoms with E-state index in [-0.39, 0.29) is 11.1 Å². The van der Waals surface area contributed by atoms with Crippen LogP contribution in [0.5, 0.6) is 0 Å². The molecule has 14 heavy (non-hydrogen) atoms. The molecule has 72 valence electrons. The van der Waals surface area contributed by atoms with Crippen LogP contribution in [0.3, 0.4) is 0 Å². The molecule has 1 aromatic heterocycles. The molecule has 2 rings (SSSR count). The highest BCUT2D eigenvalue weighted by atomic mass is 32.2. The highest BCUT2D eigenvalue weighted by Gasteiger charge is 2.25. The third-order valence-corrected chi connectivity index (χ3v) is 3.86. The van der Waals surface area contributed by atoms with E-state index in [0.717, 1.165) is 10.5 Å². The molecular weight excluding hydrogens is 216 g/mol. The fourth-order valence-electron chi connectivity index (χ4n) is 1.18. The van der Waals surface area contributed by atoms with E-state index >= 15 is 0 Å². The minimum absolute atomic E-state index is 0.161. The molecule has 0 aromatic carbocycles. The van der Waals surface area contributed by atoms with Gasteiger partial charge in [0.2, 0.25) is 0 Å². The zero-order valence-electron chi connectivity index (χ0n) is 7.46. The molecule has 1 aliphatic rings. The maximum Gasteiger partial charge on any atom is 0.264 e. The van der Waals surface area contributed by atoms with Crippen molar-refractivity contribution >= 4 is 39.7 Å². The largest absolute Gasteiger partial charge is 0.301 e. The van der Waals surface area contributed by atoms with E-state index in [1.54, 1.807) is 11.3 Å². The van der Waals surface area contributed by atoms with Gasteiger partial charge in [-0.2, -0.15) is 0 Å². The van der Waals surface area contributed by atoms with E-state index in [9.17, 15) is 4.79 Å². The lowest BCUT2D eigenvalue weighted by Gasteiger charge is -1.98. The summed E-state index contributed by atoms with van der Waals surface area (Å²) >= 11 is 2.79. The zero-order chi connectivity index (χ0) is 10.1. The Bertz CT molecular complexity index is 420. The van der Waals surface area contributed by atoms with Crippen LogP contribution >= 0.6 is 23.1 Å². The Hall–Kier alpha value is -1.07. The average Bonchev–Trinajstić information content (AvgIpc) is 2.73. The van der Waals surface area contributed by atoms with E-state index in [0.29, 0.717) is 4.91 Å². The second kappa shape index (κ2) is 3.59. The number of carbonyl (C=O) groups is 1. The number of amidine groups is 1. The van der Waals surface area contributed by atoms with Crippen molar-refractivity contribution in [3.8, 4) is 0 Å². The van der Waals surface area contributed by atoms with Crippen molar-refractivity contribution < 1.29 is 4.79 Å². The summed E-state index contributed by atoms with van der Waals surface area (Å²) in [6, 6.07) is 3.93. The van der Waals surface area contributed by atoms with Crippen LogP contribution in [-0.4, -0.2) is 11.1 Å². The van der Waals surface area contributed by atoms with E-state index in [1.165, 1.54) is 11.8 Å². The van der Waals surface area contributed by atoms with Gasteiger partial charge in [-0.05, 0) is 35.7 Å². The van der Waals surface area contributed by atoms with Gasteiger partial charge in [0.05, 0.1) is 4.91 Å². The number of nitrogens with one attached hydrogen (secondary N) is 2. The van der Waals surface area contributed by atoms with Crippen molar-refractivity contribution in [2.24, 2.45) is 0 Å². The summed E-state index contributed by atoms with van der Waals surface area (Å²) in [5.41, 5.74) is 0.949. The molecule has 1 aromatic rings. The van der Waals surface area contributed by atoms with Crippen LogP contribution < -0.4 is 5.32 Å². The standard InChI is InChI=1S/C9H8N2OS2/c1-5(6-3-2-4-13-6)7-8(12)11-9(10)14-7/h2-4H,1H3,(H2,10,11,12). The van der Waals surface area contributed by atoms with Crippen molar-refractivity contribution in [2.75, 3.05) is 0 Å². The quantitative estimate of drug-likeness (QED) is 0.719. The van der Waals surface area contributed by atoms with Gasteiger partial charge in [0.25, 0.3) is 5.91 Å². The predicted molar refractivity (Wildman–Crippen MR) is 60.4 cm³/mol. The molecule has 5 heteroatoms. The van der Waals surface area contributed by atoms with Crippen molar-refractivity contribution in [2.45, 2.75) is 6.92 Å². The first-order chi connectivity index (χ1) is 6.68. The molecule has 2 heterocycles. The van der Waals surface area contributed by atoms with Gasteiger partial charge in [0, 0.05) is 4.88 Å². The van der Waals surface area contributed by atoms with Gasteiger partial charge in [-0.3, -0.25) is 10.2 Å². The van der Waals surface area contributed by atoms with Gasteiger partial charge >= 0.3 is 0 Å². The molecular formula is C9H8N2OS2. The van der Waals surface area contributed by atoms with E-state index in [2.05, 4.69) is 5.32 Å². The van der Waals surface area contributed by atoms with Crippen LogP contribution in [-0.2, 0) is 4.79 Å². The van der Waals surface area contributed by atoms with Crippen molar-refractivity contribution in [1.82, 2.24) is 5.32 Å². The second-order valence-electron chi connectivity index (χ2n) is 2.82. The molecule has 3 nitrogen and oxygen atoms in total. The molecule has 0 aliphatic carbocycles. The first kappa shape index (κ1) is 9.48. The number of rotatable bonds is 1. The van der Waals surface area contributed by atoms with Gasteiger partial charge < -0.3 is 5.32 Å². The predicted octanol–water partition coefficient (Wildman–Crippen LogP) is 2.28. The topological polar surface area (TPSA) is 53.0 Å². The maximum atomic E-state index is 11.4. The van der Waals surface area contributed by atoms with Crippen LogP contribution in [0.25, 0.3) is 5.57 Å². The summed E-state index contributed by atoms with van der Waals surface area (Å²) in [7, 11) is 0. The van der Waals surface area contributed by atoms with Crippen molar-refractivity contribution in [3.05, 3.63) is 27.3 Å². The minimum atomic E-state index is -0.161. The fourth-order valence-corrected chi connectivity index (χ4v) is 2.74. The van der Waals surface area contributed by atoms with E-state index < -0.39 is 0 Å². The lowest BCUT2D eigenvalue weighted by Crippen LogP contribution is -2.18. The average molecular weight is 224 g/mol. The van der Waals surface area contributed by atoms with E-state index in [1.807, 2.05) is 24.4 Å². The summed E-state index contributed by atoms with van der Waals surface area (Å²) in [6.45, 7) is 1.91. The smallest absolute Gasteiger partial charge is 0.264 e. The highest BCUT2D eigenvalue weighted by molar-refractivity contribution is 8.18. The van der Waals surface area contributed by atoms with Gasteiger partial charge in [-0.25, -0.2) is 0 Å². The first-order valence-electron chi connectivity index (χ1n) is 4.01. The van der Waals surface area contributed by atoms with Crippen LogP contribution in [0.2, 0.25) is 0 Å². The number of hydrogen-bond donors (Lipinski definition) is 2. The molecule has 0 bridgehead atoms. The Morgan fingerprint density at radius 1 is 1.57 bits per heavy atom. The zero-order valence-corrected chi connectivity index (χ0v) is 9.09. The molecule has 0 spiro atoms.